The molecule has 23 heavy (non-hydrogen) atoms. The maximum Gasteiger partial charge on any atom is 0.258 e. The number of carbonyl (C=O) groups excluding carboxylic acids is 1. The molecule has 2 rings (SSSR count). The quantitative estimate of drug-likeness (QED) is 0.774. The number of nitrogens with one attached hydrogen (secondary N) is 1. The van der Waals surface area contributed by atoms with Crippen LogP contribution >= 0.6 is 27.5 Å². The summed E-state index contributed by atoms with van der Waals surface area (Å²) in [6, 6.07) is 11.3. The Bertz CT molecular complexity index is 718. The van der Waals surface area contributed by atoms with E-state index in [0.29, 0.717) is 10.8 Å². The van der Waals surface area contributed by atoms with Gasteiger partial charge in [-0.3, -0.25) is 4.79 Å². The van der Waals surface area contributed by atoms with E-state index in [1.807, 2.05) is 20.8 Å². The van der Waals surface area contributed by atoms with Crippen LogP contribution < -0.4 is 10.1 Å². The second kappa shape index (κ2) is 7.84. The number of hydrogen-bond acceptors (Lipinski definition) is 2. The van der Waals surface area contributed by atoms with Gasteiger partial charge in [0.05, 0.1) is 10.5 Å². The average molecular weight is 397 g/mol. The van der Waals surface area contributed by atoms with Gasteiger partial charge in [-0.15, -0.1) is 0 Å². The number of halogens is 2. The van der Waals surface area contributed by atoms with Gasteiger partial charge in [0.15, 0.2) is 6.61 Å². The molecule has 5 heteroatoms. The molecule has 0 aliphatic carbocycles. The van der Waals surface area contributed by atoms with Crippen molar-refractivity contribution in [2.24, 2.45) is 0 Å². The molecule has 0 saturated carbocycles. The van der Waals surface area contributed by atoms with Gasteiger partial charge in [0, 0.05) is 5.02 Å². The van der Waals surface area contributed by atoms with Gasteiger partial charge >= 0.3 is 0 Å². The third-order valence-electron chi connectivity index (χ3n) is 3.53. The summed E-state index contributed by atoms with van der Waals surface area (Å²) in [7, 11) is 0. The number of rotatable bonds is 5. The monoisotopic (exact) mass is 395 g/mol. The van der Waals surface area contributed by atoms with Gasteiger partial charge in [0.25, 0.3) is 5.91 Å². The van der Waals surface area contributed by atoms with Gasteiger partial charge in [-0.05, 0) is 66.0 Å². The van der Waals surface area contributed by atoms with E-state index in [1.165, 1.54) is 5.56 Å². The van der Waals surface area contributed by atoms with Crippen molar-refractivity contribution in [2.45, 2.75) is 26.8 Å². The van der Waals surface area contributed by atoms with Crippen molar-refractivity contribution in [1.29, 1.82) is 0 Å². The highest BCUT2D eigenvalue weighted by atomic mass is 79.9. The summed E-state index contributed by atoms with van der Waals surface area (Å²) in [6.07, 6.45) is 0. The molecule has 122 valence electrons. The molecule has 3 nitrogen and oxygen atoms in total. The molecule has 0 fully saturated rings. The summed E-state index contributed by atoms with van der Waals surface area (Å²) in [5, 5.41) is 3.57. The van der Waals surface area contributed by atoms with Crippen LogP contribution in [0.2, 0.25) is 5.02 Å². The summed E-state index contributed by atoms with van der Waals surface area (Å²) in [6.45, 7) is 6.00. The molecule has 0 saturated heterocycles. The predicted molar refractivity (Wildman–Crippen MR) is 97.1 cm³/mol. The minimum atomic E-state index is -0.166. The molecule has 0 spiro atoms. The lowest BCUT2D eigenvalue weighted by molar-refractivity contribution is -0.123. The largest absolute Gasteiger partial charge is 0.483 e. The molecule has 2 aromatic rings. The van der Waals surface area contributed by atoms with Crippen molar-refractivity contribution in [3.63, 3.8) is 0 Å². The van der Waals surface area contributed by atoms with Gasteiger partial charge in [0.2, 0.25) is 0 Å². The lowest BCUT2D eigenvalue weighted by atomic mass is 10.00. The Morgan fingerprint density at radius 1 is 1.26 bits per heavy atom. The maximum atomic E-state index is 12.1. The summed E-state index contributed by atoms with van der Waals surface area (Å²) >= 11 is 9.24. The number of carbonyl (C=O) groups is 1. The van der Waals surface area contributed by atoms with Crippen LogP contribution in [0.3, 0.4) is 0 Å². The Kier molecular flexibility index (Phi) is 6.08. The fourth-order valence-electron chi connectivity index (χ4n) is 2.32. The molecule has 0 bridgehead atoms. The van der Waals surface area contributed by atoms with Gasteiger partial charge in [0.1, 0.15) is 5.75 Å². The fraction of sp³-hybridized carbons (Fsp3) is 0.278. The molecule has 0 heterocycles. The van der Waals surface area contributed by atoms with Crippen molar-refractivity contribution in [2.75, 3.05) is 6.61 Å². The first-order valence-corrected chi connectivity index (χ1v) is 8.48. The van der Waals surface area contributed by atoms with E-state index in [4.69, 9.17) is 16.3 Å². The van der Waals surface area contributed by atoms with E-state index >= 15 is 0 Å². The van der Waals surface area contributed by atoms with Gasteiger partial charge < -0.3 is 10.1 Å². The van der Waals surface area contributed by atoms with Crippen LogP contribution in [0.15, 0.2) is 40.9 Å². The lowest BCUT2D eigenvalue weighted by Crippen LogP contribution is -2.31. The third kappa shape index (κ3) is 4.98. The van der Waals surface area contributed by atoms with Crippen LogP contribution in [0.1, 0.15) is 29.7 Å². The lowest BCUT2D eigenvalue weighted by Gasteiger charge is -2.17. The molecule has 0 aliphatic rings. The molecule has 0 aromatic heterocycles. The standard InChI is InChI=1S/C18H19BrClNO2/c1-11-4-5-12(2)15(8-11)13(3)21-18(22)10-23-17-7-6-14(20)9-16(17)19/h4-9,13H,10H2,1-3H3,(H,21,22). The molecule has 1 unspecified atom stereocenters. The van der Waals surface area contributed by atoms with Gasteiger partial charge in [-0.2, -0.15) is 0 Å². The van der Waals surface area contributed by atoms with E-state index in [2.05, 4.69) is 39.4 Å². The van der Waals surface area contributed by atoms with Gasteiger partial charge in [-0.1, -0.05) is 35.4 Å². The topological polar surface area (TPSA) is 38.3 Å². The highest BCUT2D eigenvalue weighted by Gasteiger charge is 2.13. The average Bonchev–Trinajstić information content (AvgIpc) is 2.48. The first-order valence-electron chi connectivity index (χ1n) is 7.31. The second-order valence-electron chi connectivity index (χ2n) is 5.51. The summed E-state index contributed by atoms with van der Waals surface area (Å²) in [4.78, 5) is 12.1. The molecule has 0 radical (unpaired) electrons. The Morgan fingerprint density at radius 3 is 2.70 bits per heavy atom. The van der Waals surface area contributed by atoms with E-state index < -0.39 is 0 Å². The predicted octanol–water partition coefficient (Wildman–Crippen LogP) is 4.98. The number of amides is 1. The number of benzene rings is 2. The van der Waals surface area contributed by atoms with Crippen molar-refractivity contribution >= 4 is 33.4 Å². The van der Waals surface area contributed by atoms with Crippen LogP contribution in [-0.2, 0) is 4.79 Å². The SMILES string of the molecule is Cc1ccc(C)c(C(C)NC(=O)COc2ccc(Cl)cc2Br)c1. The van der Waals surface area contributed by atoms with E-state index in [9.17, 15) is 4.79 Å². The molecular weight excluding hydrogens is 378 g/mol. The fourth-order valence-corrected chi connectivity index (χ4v) is 3.12. The maximum absolute atomic E-state index is 12.1. The summed E-state index contributed by atoms with van der Waals surface area (Å²) in [5.74, 6) is 0.421. The normalized spacial score (nSPS) is 11.9. The molecule has 1 N–H and O–H groups in total. The smallest absolute Gasteiger partial charge is 0.258 e. The van der Waals surface area contributed by atoms with Crippen LogP contribution in [0.25, 0.3) is 0 Å². The van der Waals surface area contributed by atoms with Crippen LogP contribution in [0.4, 0.5) is 0 Å². The second-order valence-corrected chi connectivity index (χ2v) is 6.80. The highest BCUT2D eigenvalue weighted by Crippen LogP contribution is 2.28. The van der Waals surface area contributed by atoms with Crippen molar-refractivity contribution in [3.8, 4) is 5.75 Å². The Hall–Kier alpha value is -1.52. The summed E-state index contributed by atoms with van der Waals surface area (Å²) < 4.78 is 6.25. The first kappa shape index (κ1) is 17.8. The van der Waals surface area contributed by atoms with E-state index in [1.54, 1.807) is 18.2 Å². The minimum absolute atomic E-state index is 0.0462. The van der Waals surface area contributed by atoms with E-state index in [-0.39, 0.29) is 18.6 Å². The first-order chi connectivity index (χ1) is 10.9. The van der Waals surface area contributed by atoms with Crippen molar-refractivity contribution in [1.82, 2.24) is 5.32 Å². The van der Waals surface area contributed by atoms with E-state index in [0.717, 1.165) is 15.6 Å². The molecular formula is C18H19BrClNO2. The highest BCUT2D eigenvalue weighted by molar-refractivity contribution is 9.10. The third-order valence-corrected chi connectivity index (χ3v) is 4.39. The van der Waals surface area contributed by atoms with Gasteiger partial charge in [-0.25, -0.2) is 0 Å². The van der Waals surface area contributed by atoms with Crippen LogP contribution in [-0.4, -0.2) is 12.5 Å². The Morgan fingerprint density at radius 2 is 2.00 bits per heavy atom. The molecule has 2 aromatic carbocycles. The Balaban J connectivity index is 1.95. The molecule has 0 aliphatic heterocycles. The summed E-state index contributed by atoms with van der Waals surface area (Å²) in [5.41, 5.74) is 3.45. The molecule has 1 amide bonds. The zero-order chi connectivity index (χ0) is 17.0. The number of aryl methyl sites for hydroxylation is 2. The minimum Gasteiger partial charge on any atom is -0.483 e. The van der Waals surface area contributed by atoms with Crippen molar-refractivity contribution < 1.29 is 9.53 Å². The van der Waals surface area contributed by atoms with Crippen molar-refractivity contribution in [3.05, 3.63) is 62.6 Å². The number of ether oxygens (including phenoxy) is 1. The van der Waals surface area contributed by atoms with Crippen LogP contribution in [0, 0.1) is 13.8 Å². The number of hydrogen-bond donors (Lipinski definition) is 1. The molecule has 1 atom stereocenters. The van der Waals surface area contributed by atoms with Crippen LogP contribution in [0.5, 0.6) is 5.75 Å². The zero-order valence-corrected chi connectivity index (χ0v) is 15.7. The Labute approximate surface area is 150 Å². The zero-order valence-electron chi connectivity index (χ0n) is 13.3.